The van der Waals surface area contributed by atoms with Crippen molar-refractivity contribution in [3.8, 4) is 0 Å². The van der Waals surface area contributed by atoms with Crippen LogP contribution in [0.2, 0.25) is 0 Å². The number of nitrogens with zero attached hydrogens (tertiary/aromatic N) is 3. The van der Waals surface area contributed by atoms with E-state index in [0.29, 0.717) is 18.6 Å². The molecule has 4 aliphatic rings. The second kappa shape index (κ2) is 6.39. The Morgan fingerprint density at radius 1 is 1.08 bits per heavy atom. The quantitative estimate of drug-likeness (QED) is 0.837. The molecule has 6 heteroatoms. The molecule has 1 spiro atoms. The zero-order valence-electron chi connectivity index (χ0n) is 16.2. The summed E-state index contributed by atoms with van der Waals surface area (Å²) in [7, 11) is 0. The molecule has 0 aromatic rings. The smallest absolute Gasteiger partial charge is 0.407 e. The van der Waals surface area contributed by atoms with Gasteiger partial charge in [0.2, 0.25) is 5.91 Å². The maximum atomic E-state index is 12.3. The fourth-order valence-electron chi connectivity index (χ4n) is 6.15. The first-order valence-corrected chi connectivity index (χ1v) is 10.3. The molecule has 4 rings (SSSR count). The average Bonchev–Trinajstić information content (AvgIpc) is 2.98. The lowest BCUT2D eigenvalue weighted by atomic mass is 9.64. The number of piperidine rings is 1. The molecule has 146 valence electrons. The summed E-state index contributed by atoms with van der Waals surface area (Å²) in [5, 5.41) is 9.18. The van der Waals surface area contributed by atoms with Crippen molar-refractivity contribution in [1.29, 1.82) is 0 Å². The molecule has 2 saturated carbocycles. The van der Waals surface area contributed by atoms with Gasteiger partial charge >= 0.3 is 6.09 Å². The maximum absolute atomic E-state index is 12.3. The van der Waals surface area contributed by atoms with Crippen molar-refractivity contribution in [2.24, 2.45) is 5.41 Å². The SMILES string of the molecule is CC(=O)N(C1CCN(C2CC3(CCN(C(=O)O)C3)C2)CC1)C1(C)CCC1. The van der Waals surface area contributed by atoms with Crippen LogP contribution in [0.1, 0.15) is 65.2 Å². The molecule has 0 radical (unpaired) electrons. The van der Waals surface area contributed by atoms with Gasteiger partial charge in [0, 0.05) is 50.7 Å². The lowest BCUT2D eigenvalue weighted by molar-refractivity contribution is -0.145. The fourth-order valence-corrected chi connectivity index (χ4v) is 6.15. The van der Waals surface area contributed by atoms with Gasteiger partial charge < -0.3 is 19.8 Å². The number of hydrogen-bond acceptors (Lipinski definition) is 3. The molecule has 0 aromatic heterocycles. The van der Waals surface area contributed by atoms with E-state index >= 15 is 0 Å². The fraction of sp³-hybridized carbons (Fsp3) is 0.900. The number of amides is 2. The van der Waals surface area contributed by atoms with Crippen LogP contribution in [-0.4, -0.2) is 75.6 Å². The summed E-state index contributed by atoms with van der Waals surface area (Å²) in [4.78, 5) is 29.8. The molecule has 0 unspecified atom stereocenters. The highest BCUT2D eigenvalue weighted by molar-refractivity contribution is 5.74. The summed E-state index contributed by atoms with van der Waals surface area (Å²) in [6.07, 6.45) is 8.28. The maximum Gasteiger partial charge on any atom is 0.407 e. The summed E-state index contributed by atoms with van der Waals surface area (Å²) >= 11 is 0. The van der Waals surface area contributed by atoms with Crippen molar-refractivity contribution in [3.63, 3.8) is 0 Å². The third kappa shape index (κ3) is 3.00. The van der Waals surface area contributed by atoms with Crippen molar-refractivity contribution in [2.45, 2.75) is 82.8 Å². The number of carboxylic acid groups (broad SMARTS) is 1. The Balaban J connectivity index is 1.28. The Morgan fingerprint density at radius 3 is 2.19 bits per heavy atom. The molecule has 2 amide bonds. The summed E-state index contributed by atoms with van der Waals surface area (Å²) in [6.45, 7) is 7.58. The predicted octanol–water partition coefficient (Wildman–Crippen LogP) is 2.77. The lowest BCUT2D eigenvalue weighted by Crippen LogP contribution is -2.61. The van der Waals surface area contributed by atoms with Crippen LogP contribution in [-0.2, 0) is 4.79 Å². The Labute approximate surface area is 156 Å². The third-order valence-corrected chi connectivity index (χ3v) is 7.78. The molecule has 26 heavy (non-hydrogen) atoms. The summed E-state index contributed by atoms with van der Waals surface area (Å²) < 4.78 is 0. The summed E-state index contributed by atoms with van der Waals surface area (Å²) in [5.74, 6) is 0.243. The van der Waals surface area contributed by atoms with E-state index in [-0.39, 0.29) is 16.9 Å². The van der Waals surface area contributed by atoms with Crippen molar-refractivity contribution in [3.05, 3.63) is 0 Å². The second-order valence-corrected chi connectivity index (χ2v) is 9.52. The van der Waals surface area contributed by atoms with Crippen LogP contribution in [0.4, 0.5) is 4.79 Å². The van der Waals surface area contributed by atoms with Crippen molar-refractivity contribution in [2.75, 3.05) is 26.2 Å². The van der Waals surface area contributed by atoms with Gasteiger partial charge in [0.25, 0.3) is 0 Å². The summed E-state index contributed by atoms with van der Waals surface area (Å²) in [5.41, 5.74) is 0.355. The predicted molar refractivity (Wildman–Crippen MR) is 99.0 cm³/mol. The van der Waals surface area contributed by atoms with Gasteiger partial charge in [-0.05, 0) is 63.7 Å². The van der Waals surface area contributed by atoms with E-state index in [1.165, 1.54) is 6.42 Å². The van der Waals surface area contributed by atoms with Gasteiger partial charge in [-0.1, -0.05) is 0 Å². The minimum Gasteiger partial charge on any atom is -0.465 e. The van der Waals surface area contributed by atoms with E-state index in [9.17, 15) is 14.7 Å². The zero-order valence-corrected chi connectivity index (χ0v) is 16.2. The number of carbonyl (C=O) groups is 2. The highest BCUT2D eigenvalue weighted by Gasteiger charge is 2.52. The minimum atomic E-state index is -0.764. The molecule has 2 heterocycles. The van der Waals surface area contributed by atoms with Crippen LogP contribution in [0, 0.1) is 5.41 Å². The molecular weight excluding hydrogens is 330 g/mol. The van der Waals surface area contributed by atoms with Crippen LogP contribution >= 0.6 is 0 Å². The molecular formula is C20H33N3O3. The molecule has 2 aliphatic heterocycles. The standard InChI is InChI=1S/C20H33N3O3/c1-15(24)23(19(2)6-3-7-19)16-4-9-21(10-5-16)17-12-20(13-17)8-11-22(14-20)18(25)26/h16-17H,3-14H2,1-2H3,(H,25,26). The van der Waals surface area contributed by atoms with Gasteiger partial charge in [0.1, 0.15) is 0 Å². The lowest BCUT2D eigenvalue weighted by Gasteiger charge is -2.55. The van der Waals surface area contributed by atoms with Gasteiger partial charge in [-0.3, -0.25) is 4.79 Å². The van der Waals surface area contributed by atoms with Crippen molar-refractivity contribution < 1.29 is 14.7 Å². The largest absolute Gasteiger partial charge is 0.465 e. The molecule has 0 atom stereocenters. The van der Waals surface area contributed by atoms with Gasteiger partial charge in [-0.25, -0.2) is 4.79 Å². The van der Waals surface area contributed by atoms with Crippen LogP contribution < -0.4 is 0 Å². The van der Waals surface area contributed by atoms with Crippen LogP contribution in [0.3, 0.4) is 0 Å². The number of carbonyl (C=O) groups excluding carboxylic acids is 1. The Bertz CT molecular complexity index is 575. The van der Waals surface area contributed by atoms with Crippen LogP contribution in [0.5, 0.6) is 0 Å². The van der Waals surface area contributed by atoms with Crippen molar-refractivity contribution in [1.82, 2.24) is 14.7 Å². The first kappa shape index (κ1) is 18.1. The molecule has 0 bridgehead atoms. The molecule has 4 fully saturated rings. The van der Waals surface area contributed by atoms with E-state index < -0.39 is 6.09 Å². The second-order valence-electron chi connectivity index (χ2n) is 9.52. The average molecular weight is 364 g/mol. The first-order chi connectivity index (χ1) is 12.3. The normalized spacial score (nSPS) is 34.4. The number of hydrogen-bond donors (Lipinski definition) is 1. The minimum absolute atomic E-state index is 0.101. The first-order valence-electron chi connectivity index (χ1n) is 10.3. The Morgan fingerprint density at radius 2 is 1.73 bits per heavy atom. The monoisotopic (exact) mass is 363 g/mol. The van der Waals surface area contributed by atoms with Crippen molar-refractivity contribution >= 4 is 12.0 Å². The van der Waals surface area contributed by atoms with Gasteiger partial charge in [0.15, 0.2) is 0 Å². The molecule has 6 nitrogen and oxygen atoms in total. The van der Waals surface area contributed by atoms with Crippen LogP contribution in [0.25, 0.3) is 0 Å². The highest BCUT2D eigenvalue weighted by Crippen LogP contribution is 2.50. The van der Waals surface area contributed by atoms with Gasteiger partial charge in [-0.15, -0.1) is 0 Å². The molecule has 0 aromatic carbocycles. The topological polar surface area (TPSA) is 64.1 Å². The van der Waals surface area contributed by atoms with Crippen LogP contribution in [0.15, 0.2) is 0 Å². The van der Waals surface area contributed by atoms with Gasteiger partial charge in [0.05, 0.1) is 0 Å². The molecule has 1 N–H and O–H groups in total. The summed E-state index contributed by atoms with van der Waals surface area (Å²) in [6, 6.07) is 1.02. The van der Waals surface area contributed by atoms with E-state index in [2.05, 4.69) is 16.7 Å². The van der Waals surface area contributed by atoms with E-state index in [0.717, 1.165) is 64.6 Å². The van der Waals surface area contributed by atoms with E-state index in [4.69, 9.17) is 0 Å². The zero-order chi connectivity index (χ0) is 18.5. The number of rotatable bonds is 3. The van der Waals surface area contributed by atoms with Gasteiger partial charge in [-0.2, -0.15) is 0 Å². The Hall–Kier alpha value is -1.30. The molecule has 2 aliphatic carbocycles. The van der Waals surface area contributed by atoms with E-state index in [1.807, 2.05) is 0 Å². The number of likely N-dealkylation sites (tertiary alicyclic amines) is 2. The highest BCUT2D eigenvalue weighted by atomic mass is 16.4. The Kier molecular flexibility index (Phi) is 4.45. The third-order valence-electron chi connectivity index (χ3n) is 7.78. The van der Waals surface area contributed by atoms with E-state index in [1.54, 1.807) is 11.8 Å². The molecule has 2 saturated heterocycles.